The summed E-state index contributed by atoms with van der Waals surface area (Å²) in [6.07, 6.45) is 0. The molecule has 0 saturated heterocycles. The van der Waals surface area contributed by atoms with Gasteiger partial charge in [0.25, 0.3) is 0 Å². The second kappa shape index (κ2) is 5.80. The van der Waals surface area contributed by atoms with Crippen LogP contribution in [-0.4, -0.2) is 29.5 Å². The second-order valence-electron chi connectivity index (χ2n) is 3.50. The molecule has 84 valence electrons. The fourth-order valence-electron chi connectivity index (χ4n) is 1.36. The molecule has 0 amide bonds. The van der Waals surface area contributed by atoms with E-state index in [1.807, 2.05) is 6.92 Å². The van der Waals surface area contributed by atoms with Gasteiger partial charge in [0.05, 0.1) is 19.3 Å². The van der Waals surface area contributed by atoms with Gasteiger partial charge in [0.2, 0.25) is 0 Å². The Morgan fingerprint density at radius 3 is 2.20 bits per heavy atom. The van der Waals surface area contributed by atoms with Crippen molar-refractivity contribution in [3.8, 4) is 0 Å². The number of benzene rings is 1. The maximum absolute atomic E-state index is 12.6. The summed E-state index contributed by atoms with van der Waals surface area (Å²) in [4.78, 5) is 0. The van der Waals surface area contributed by atoms with Gasteiger partial charge in [-0.25, -0.2) is 4.39 Å². The van der Waals surface area contributed by atoms with E-state index in [0.29, 0.717) is 0 Å². The molecule has 15 heavy (non-hydrogen) atoms. The van der Waals surface area contributed by atoms with Gasteiger partial charge in [-0.05, 0) is 24.6 Å². The molecule has 0 fully saturated rings. The number of hydrogen-bond donors (Lipinski definition) is 3. The van der Waals surface area contributed by atoms with Gasteiger partial charge in [0, 0.05) is 6.04 Å². The smallest absolute Gasteiger partial charge is 0.123 e. The van der Waals surface area contributed by atoms with Gasteiger partial charge in [-0.15, -0.1) is 0 Å². The zero-order valence-corrected chi connectivity index (χ0v) is 8.65. The van der Waals surface area contributed by atoms with Crippen molar-refractivity contribution in [3.05, 3.63) is 35.6 Å². The van der Waals surface area contributed by atoms with Crippen molar-refractivity contribution in [2.24, 2.45) is 0 Å². The van der Waals surface area contributed by atoms with Crippen molar-refractivity contribution in [1.29, 1.82) is 0 Å². The summed E-state index contributed by atoms with van der Waals surface area (Å²) in [6, 6.07) is 5.76. The van der Waals surface area contributed by atoms with E-state index in [9.17, 15) is 4.39 Å². The minimum Gasteiger partial charge on any atom is -0.395 e. The Bertz CT molecular complexity index is 285. The van der Waals surface area contributed by atoms with Crippen LogP contribution in [0.4, 0.5) is 4.39 Å². The first-order chi connectivity index (χ1) is 7.17. The summed E-state index contributed by atoms with van der Waals surface area (Å²) in [6.45, 7) is 1.65. The van der Waals surface area contributed by atoms with Crippen molar-refractivity contribution < 1.29 is 14.6 Å². The van der Waals surface area contributed by atoms with Gasteiger partial charge in [0.15, 0.2) is 0 Å². The van der Waals surface area contributed by atoms with Gasteiger partial charge < -0.3 is 15.5 Å². The Morgan fingerprint density at radius 2 is 1.73 bits per heavy atom. The summed E-state index contributed by atoms with van der Waals surface area (Å²) in [5.41, 5.74) is 0.920. The molecule has 0 spiro atoms. The number of rotatable bonds is 5. The van der Waals surface area contributed by atoms with Crippen LogP contribution in [0.25, 0.3) is 0 Å². The minimum atomic E-state index is -0.343. The first-order valence-electron chi connectivity index (χ1n) is 4.90. The maximum atomic E-state index is 12.6. The zero-order valence-electron chi connectivity index (χ0n) is 8.65. The highest BCUT2D eigenvalue weighted by Crippen LogP contribution is 2.13. The molecule has 3 nitrogen and oxygen atoms in total. The molecule has 0 aliphatic carbocycles. The van der Waals surface area contributed by atoms with Crippen LogP contribution in [0.2, 0.25) is 0 Å². The third-order valence-electron chi connectivity index (χ3n) is 2.30. The van der Waals surface area contributed by atoms with Crippen molar-refractivity contribution in [2.75, 3.05) is 13.2 Å². The van der Waals surface area contributed by atoms with Crippen LogP contribution in [-0.2, 0) is 0 Å². The highest BCUT2D eigenvalue weighted by molar-refractivity contribution is 5.19. The minimum absolute atomic E-state index is 0.0325. The average Bonchev–Trinajstić information content (AvgIpc) is 2.26. The number of halogens is 1. The number of hydrogen-bond acceptors (Lipinski definition) is 3. The molecule has 0 aliphatic heterocycles. The quantitative estimate of drug-likeness (QED) is 0.679. The lowest BCUT2D eigenvalue weighted by Gasteiger charge is -2.20. The van der Waals surface area contributed by atoms with E-state index in [0.717, 1.165) is 5.56 Å². The molecule has 1 atom stereocenters. The fourth-order valence-corrected chi connectivity index (χ4v) is 1.36. The Hall–Kier alpha value is -0.970. The van der Waals surface area contributed by atoms with Crippen LogP contribution < -0.4 is 5.32 Å². The van der Waals surface area contributed by atoms with Gasteiger partial charge in [0.1, 0.15) is 5.82 Å². The van der Waals surface area contributed by atoms with E-state index in [2.05, 4.69) is 5.32 Å². The Kier molecular flexibility index (Phi) is 4.68. The Morgan fingerprint density at radius 1 is 1.20 bits per heavy atom. The van der Waals surface area contributed by atoms with Gasteiger partial charge in [-0.3, -0.25) is 0 Å². The third-order valence-corrected chi connectivity index (χ3v) is 2.30. The van der Waals surface area contributed by atoms with E-state index in [1.165, 1.54) is 12.1 Å². The molecule has 1 aromatic carbocycles. The fraction of sp³-hybridized carbons (Fsp3) is 0.455. The second-order valence-corrected chi connectivity index (χ2v) is 3.50. The van der Waals surface area contributed by atoms with E-state index >= 15 is 0 Å². The predicted molar refractivity (Wildman–Crippen MR) is 55.9 cm³/mol. The molecule has 1 aromatic rings. The van der Waals surface area contributed by atoms with Crippen LogP contribution in [0.1, 0.15) is 18.5 Å². The van der Waals surface area contributed by atoms with Crippen LogP contribution >= 0.6 is 0 Å². The molecule has 0 unspecified atom stereocenters. The summed E-state index contributed by atoms with van der Waals surface area (Å²) in [5, 5.41) is 20.8. The van der Waals surface area contributed by atoms with Gasteiger partial charge in [-0.2, -0.15) is 0 Å². The van der Waals surface area contributed by atoms with Gasteiger partial charge >= 0.3 is 0 Å². The topological polar surface area (TPSA) is 52.5 Å². The van der Waals surface area contributed by atoms with Crippen molar-refractivity contribution >= 4 is 0 Å². The highest BCUT2D eigenvalue weighted by atomic mass is 19.1. The lowest BCUT2D eigenvalue weighted by molar-refractivity contribution is 0.163. The number of nitrogens with one attached hydrogen (secondary N) is 1. The lowest BCUT2D eigenvalue weighted by atomic mass is 10.1. The van der Waals surface area contributed by atoms with E-state index in [4.69, 9.17) is 10.2 Å². The Labute approximate surface area is 88.6 Å². The molecule has 0 aliphatic rings. The maximum Gasteiger partial charge on any atom is 0.123 e. The summed E-state index contributed by atoms with van der Waals surface area (Å²) >= 11 is 0. The number of aliphatic hydroxyl groups excluding tert-OH is 2. The van der Waals surface area contributed by atoms with E-state index < -0.39 is 0 Å². The van der Waals surface area contributed by atoms with Crippen LogP contribution in [0.5, 0.6) is 0 Å². The molecule has 0 heterocycles. The molecule has 1 rings (SSSR count). The van der Waals surface area contributed by atoms with Crippen molar-refractivity contribution in [3.63, 3.8) is 0 Å². The largest absolute Gasteiger partial charge is 0.395 e. The van der Waals surface area contributed by atoms with Crippen LogP contribution in [0, 0.1) is 5.82 Å². The molecule has 0 aromatic heterocycles. The van der Waals surface area contributed by atoms with Crippen molar-refractivity contribution in [1.82, 2.24) is 5.32 Å². The normalized spacial score (nSPS) is 13.1. The van der Waals surface area contributed by atoms with E-state index in [1.54, 1.807) is 12.1 Å². The van der Waals surface area contributed by atoms with Crippen molar-refractivity contribution in [2.45, 2.75) is 19.0 Å². The first kappa shape index (κ1) is 12.1. The third kappa shape index (κ3) is 3.58. The zero-order chi connectivity index (χ0) is 11.3. The average molecular weight is 213 g/mol. The standard InChI is InChI=1S/C11H16FNO2/c1-8(13-11(6-14)7-15)9-2-4-10(12)5-3-9/h2-5,8,11,13-15H,6-7H2,1H3/t8-/m1/s1. The molecular formula is C11H16FNO2. The Balaban J connectivity index is 2.60. The predicted octanol–water partition coefficient (Wildman–Crippen LogP) is 0.830. The molecule has 4 heteroatoms. The monoisotopic (exact) mass is 213 g/mol. The SMILES string of the molecule is C[C@@H](NC(CO)CO)c1ccc(F)cc1. The number of aliphatic hydroxyl groups is 2. The lowest BCUT2D eigenvalue weighted by Crippen LogP contribution is -2.37. The molecule has 0 saturated carbocycles. The van der Waals surface area contributed by atoms with Crippen LogP contribution in [0.15, 0.2) is 24.3 Å². The molecule has 0 bridgehead atoms. The summed E-state index contributed by atoms with van der Waals surface area (Å²) in [5.74, 6) is -0.271. The highest BCUT2D eigenvalue weighted by Gasteiger charge is 2.11. The molecular weight excluding hydrogens is 197 g/mol. The van der Waals surface area contributed by atoms with E-state index in [-0.39, 0.29) is 31.1 Å². The van der Waals surface area contributed by atoms with Gasteiger partial charge in [-0.1, -0.05) is 12.1 Å². The van der Waals surface area contributed by atoms with Crippen LogP contribution in [0.3, 0.4) is 0 Å². The molecule has 3 N–H and O–H groups in total. The summed E-state index contributed by atoms with van der Waals surface area (Å²) in [7, 11) is 0. The first-order valence-corrected chi connectivity index (χ1v) is 4.90. The summed E-state index contributed by atoms with van der Waals surface area (Å²) < 4.78 is 12.6. The molecule has 0 radical (unpaired) electrons.